The minimum Gasteiger partial charge on any atom is -0.283 e. The summed E-state index contributed by atoms with van der Waals surface area (Å²) < 4.78 is 34.5. The van der Waals surface area contributed by atoms with Crippen LogP contribution in [-0.2, 0) is 31.0 Å². The van der Waals surface area contributed by atoms with Gasteiger partial charge in [0.05, 0.1) is 18.3 Å². The van der Waals surface area contributed by atoms with Gasteiger partial charge in [-0.1, -0.05) is 85.6 Å². The van der Waals surface area contributed by atoms with E-state index in [1.807, 2.05) is 0 Å². The lowest BCUT2D eigenvalue weighted by molar-refractivity contribution is -0.0519. The maximum Gasteiger partial charge on any atom is 0.475 e. The number of rotatable bonds is 9. The summed E-state index contributed by atoms with van der Waals surface area (Å²) in [6.07, 6.45) is 8.78. The summed E-state index contributed by atoms with van der Waals surface area (Å²) in [7, 11) is -3.78. The van der Waals surface area contributed by atoms with E-state index in [1.54, 1.807) is 0 Å². The Morgan fingerprint density at radius 2 is 1.50 bits per heavy atom. The molecule has 0 N–H and O–H groups in total. The number of hydrogen-bond acceptors (Lipinski definition) is 4. The summed E-state index contributed by atoms with van der Waals surface area (Å²) in [5.74, 6) is 2.27. The van der Waals surface area contributed by atoms with Crippen molar-refractivity contribution in [3.63, 3.8) is 0 Å². The van der Waals surface area contributed by atoms with Gasteiger partial charge in [-0.15, -0.1) is 0 Å². The Morgan fingerprint density at radius 3 is 2.08 bits per heavy atom. The van der Waals surface area contributed by atoms with Gasteiger partial charge in [0, 0.05) is 0 Å². The first-order valence-electron chi connectivity index (χ1n) is 14.7. The average Bonchev–Trinajstić information content (AvgIpc) is 3.20. The quantitative estimate of drug-likeness (QED) is 0.306. The summed E-state index contributed by atoms with van der Waals surface area (Å²) in [6.45, 7) is 16.0. The lowest BCUT2D eigenvalue weighted by atomic mass is 9.66. The predicted molar refractivity (Wildman–Crippen MR) is 148 cm³/mol. The highest BCUT2D eigenvalue weighted by atomic mass is 31.2. The van der Waals surface area contributed by atoms with E-state index in [-0.39, 0.29) is 23.7 Å². The lowest BCUT2D eigenvalue weighted by Crippen LogP contribution is -2.40. The van der Waals surface area contributed by atoms with Crippen molar-refractivity contribution < 1.29 is 18.1 Å². The van der Waals surface area contributed by atoms with E-state index in [0.29, 0.717) is 29.6 Å². The first-order chi connectivity index (χ1) is 17.0. The van der Waals surface area contributed by atoms with Gasteiger partial charge in [0.2, 0.25) is 0 Å². The van der Waals surface area contributed by atoms with Crippen LogP contribution in [-0.4, -0.2) is 18.3 Å². The molecule has 3 aliphatic rings. The minimum absolute atomic E-state index is 0.0815. The second-order valence-electron chi connectivity index (χ2n) is 13.3. The Labute approximate surface area is 220 Å². The van der Waals surface area contributed by atoms with E-state index in [9.17, 15) is 4.57 Å². The summed E-state index contributed by atoms with van der Waals surface area (Å²) in [6, 6.07) is 8.47. The van der Waals surface area contributed by atoms with Crippen LogP contribution in [0.4, 0.5) is 0 Å². The summed E-state index contributed by atoms with van der Waals surface area (Å²) in [4.78, 5) is 0. The second kappa shape index (κ2) is 11.6. The molecule has 0 aromatic heterocycles. The van der Waals surface area contributed by atoms with Crippen LogP contribution < -0.4 is 0 Å². The highest BCUT2D eigenvalue weighted by Crippen LogP contribution is 2.59. The molecule has 0 heterocycles. The molecule has 2 saturated carbocycles. The van der Waals surface area contributed by atoms with Crippen molar-refractivity contribution in [2.75, 3.05) is 0 Å². The smallest absolute Gasteiger partial charge is 0.283 e. The summed E-state index contributed by atoms with van der Waals surface area (Å²) in [5.41, 5.74) is 2.79. The molecule has 7 unspecified atom stereocenters. The van der Waals surface area contributed by atoms with Gasteiger partial charge in [0.1, 0.15) is 0 Å². The SMILES string of the molecule is CCC1(C)CCC(C(C)C)C(OP(=O)(OC2Cc3ccccc3C2)OC2CC(C)CCC2C(C)C)C1. The topological polar surface area (TPSA) is 44.8 Å². The zero-order valence-electron chi connectivity index (χ0n) is 23.9. The van der Waals surface area contributed by atoms with Gasteiger partial charge in [-0.25, -0.2) is 4.57 Å². The van der Waals surface area contributed by atoms with Crippen molar-refractivity contribution in [1.82, 2.24) is 0 Å². The molecule has 2 fully saturated rings. The van der Waals surface area contributed by atoms with Crippen LogP contribution in [0.15, 0.2) is 24.3 Å². The molecule has 204 valence electrons. The Bertz CT molecular complexity index is 889. The molecule has 0 aliphatic heterocycles. The molecule has 1 aromatic carbocycles. The molecule has 0 saturated heterocycles. The number of phosphoric acid groups is 1. The maximum absolute atomic E-state index is 14.7. The molecule has 1 aromatic rings. The van der Waals surface area contributed by atoms with Crippen molar-refractivity contribution in [1.29, 1.82) is 0 Å². The van der Waals surface area contributed by atoms with Gasteiger partial charge in [0.25, 0.3) is 0 Å². The fourth-order valence-corrected chi connectivity index (χ4v) is 8.86. The van der Waals surface area contributed by atoms with Crippen molar-refractivity contribution in [2.24, 2.45) is 35.0 Å². The minimum atomic E-state index is -3.78. The zero-order chi connectivity index (χ0) is 26.1. The first-order valence-corrected chi connectivity index (χ1v) is 16.2. The van der Waals surface area contributed by atoms with Gasteiger partial charge in [0.15, 0.2) is 0 Å². The third-order valence-electron chi connectivity index (χ3n) is 9.74. The molecule has 5 heteroatoms. The molecule has 0 spiro atoms. The standard InChI is InChI=1S/C31H51O4P/c1-8-31(7)16-15-28(22(4)5)30(20-31)35-36(32,33-26-18-24-11-9-10-12-25(24)19-26)34-29-17-23(6)13-14-27(29)21(2)3/h9-12,21-23,26-30H,8,13-20H2,1-7H3. The largest absolute Gasteiger partial charge is 0.475 e. The molecular weight excluding hydrogens is 467 g/mol. The van der Waals surface area contributed by atoms with Crippen molar-refractivity contribution in [3.05, 3.63) is 35.4 Å². The van der Waals surface area contributed by atoms with Crippen LogP contribution in [0, 0.1) is 35.0 Å². The summed E-state index contributed by atoms with van der Waals surface area (Å²) in [5, 5.41) is 0. The van der Waals surface area contributed by atoms with Crippen LogP contribution in [0.25, 0.3) is 0 Å². The fraction of sp³-hybridized carbons (Fsp3) is 0.806. The lowest BCUT2D eigenvalue weighted by Gasteiger charge is -2.45. The number of benzene rings is 1. The van der Waals surface area contributed by atoms with E-state index >= 15 is 0 Å². The molecule has 7 atom stereocenters. The Morgan fingerprint density at radius 1 is 0.917 bits per heavy atom. The molecule has 0 radical (unpaired) electrons. The van der Waals surface area contributed by atoms with Gasteiger partial charge in [-0.05, 0) is 91.1 Å². The monoisotopic (exact) mass is 518 g/mol. The van der Waals surface area contributed by atoms with E-state index in [4.69, 9.17) is 13.6 Å². The van der Waals surface area contributed by atoms with E-state index in [2.05, 4.69) is 72.7 Å². The van der Waals surface area contributed by atoms with Crippen LogP contribution >= 0.6 is 7.82 Å². The van der Waals surface area contributed by atoms with Crippen molar-refractivity contribution in [2.45, 2.75) is 125 Å². The number of hydrogen-bond donors (Lipinski definition) is 0. The number of fused-ring (bicyclic) bond motifs is 1. The van der Waals surface area contributed by atoms with Gasteiger partial charge >= 0.3 is 7.82 Å². The molecular formula is C31H51O4P. The molecule has 36 heavy (non-hydrogen) atoms. The first kappa shape index (κ1) is 28.3. The van der Waals surface area contributed by atoms with Crippen LogP contribution in [0.1, 0.15) is 105 Å². The molecule has 3 aliphatic carbocycles. The third kappa shape index (κ3) is 6.66. The Balaban J connectivity index is 1.59. The zero-order valence-corrected chi connectivity index (χ0v) is 24.8. The third-order valence-corrected chi connectivity index (χ3v) is 11.4. The van der Waals surface area contributed by atoms with Crippen molar-refractivity contribution in [3.8, 4) is 0 Å². The fourth-order valence-electron chi connectivity index (χ4n) is 7.06. The van der Waals surface area contributed by atoms with Crippen LogP contribution in [0.3, 0.4) is 0 Å². The average molecular weight is 519 g/mol. The highest BCUT2D eigenvalue weighted by molar-refractivity contribution is 7.48. The second-order valence-corrected chi connectivity index (χ2v) is 14.8. The predicted octanol–water partition coefficient (Wildman–Crippen LogP) is 9.01. The number of phosphoric ester groups is 1. The summed E-state index contributed by atoms with van der Waals surface area (Å²) >= 11 is 0. The van der Waals surface area contributed by atoms with Gasteiger partial charge < -0.3 is 0 Å². The van der Waals surface area contributed by atoms with E-state index in [0.717, 1.165) is 44.9 Å². The molecule has 0 amide bonds. The Hall–Kier alpha value is -0.670. The van der Waals surface area contributed by atoms with Crippen LogP contribution in [0.2, 0.25) is 0 Å². The normalized spacial score (nSPS) is 35.2. The van der Waals surface area contributed by atoms with E-state index in [1.165, 1.54) is 24.0 Å². The van der Waals surface area contributed by atoms with Gasteiger partial charge in [-0.2, -0.15) is 0 Å². The maximum atomic E-state index is 14.7. The Kier molecular flexibility index (Phi) is 9.13. The molecule has 4 rings (SSSR count). The van der Waals surface area contributed by atoms with Crippen molar-refractivity contribution >= 4 is 7.82 Å². The molecule has 0 bridgehead atoms. The van der Waals surface area contributed by atoms with E-state index < -0.39 is 7.82 Å². The van der Waals surface area contributed by atoms with Crippen LogP contribution in [0.5, 0.6) is 0 Å². The van der Waals surface area contributed by atoms with Gasteiger partial charge in [-0.3, -0.25) is 13.6 Å². The highest BCUT2D eigenvalue weighted by Gasteiger charge is 2.47. The molecule has 4 nitrogen and oxygen atoms in total.